The zero-order chi connectivity index (χ0) is 30.2. The lowest BCUT2D eigenvalue weighted by molar-refractivity contribution is -0.126. The molecule has 0 saturated carbocycles. The molecule has 0 bridgehead atoms. The molecule has 1 unspecified atom stereocenters. The lowest BCUT2D eigenvalue weighted by Gasteiger charge is -2.22. The minimum Gasteiger partial charge on any atom is -0.400 e. The van der Waals surface area contributed by atoms with E-state index in [1.165, 1.54) is 13.0 Å². The molecule has 1 aromatic rings. The van der Waals surface area contributed by atoms with Gasteiger partial charge in [0.2, 0.25) is 5.91 Å². The number of nitrogens with one attached hydrogen (secondary N) is 2. The molecule has 0 spiro atoms. The predicted molar refractivity (Wildman–Crippen MR) is 156 cm³/mol. The van der Waals surface area contributed by atoms with Crippen LogP contribution in [0, 0.1) is 0 Å². The Bertz CT molecular complexity index is 900. The second kappa shape index (κ2) is 23.9. The van der Waals surface area contributed by atoms with Gasteiger partial charge in [0.1, 0.15) is 6.79 Å². The fraction of sp³-hybridized carbons (Fsp3) is 0.464. The molecule has 1 aromatic carbocycles. The second-order valence-electron chi connectivity index (χ2n) is 8.02. The molecule has 2 aliphatic rings. The minimum atomic E-state index is -0.301. The van der Waals surface area contributed by atoms with Crippen molar-refractivity contribution in [2.45, 2.75) is 52.5 Å². The Labute approximate surface area is 237 Å². The third-order valence-corrected chi connectivity index (χ3v) is 5.54. The van der Waals surface area contributed by atoms with Crippen LogP contribution in [0.1, 0.15) is 46.5 Å². The summed E-state index contributed by atoms with van der Waals surface area (Å²) in [7, 11) is 2.00. The Morgan fingerprint density at radius 3 is 2.18 bits per heavy atom. The number of anilines is 1. The highest BCUT2D eigenvalue weighted by atomic mass is 35.5. The third kappa shape index (κ3) is 15.7. The van der Waals surface area contributed by atoms with Crippen molar-refractivity contribution in [3.63, 3.8) is 0 Å². The molecule has 0 aromatic heterocycles. The van der Waals surface area contributed by atoms with Crippen molar-refractivity contribution < 1.29 is 29.0 Å². The van der Waals surface area contributed by atoms with E-state index in [1.54, 1.807) is 47.5 Å². The number of allylic oxidation sites excluding steroid dienone is 4. The molecule has 39 heavy (non-hydrogen) atoms. The number of benzene rings is 1. The molecule has 0 aliphatic carbocycles. The topological polar surface area (TPSA) is 122 Å². The Kier molecular flexibility index (Phi) is 23.2. The minimum absolute atomic E-state index is 0.0187. The number of aliphatic hydroxyl groups is 2. The first-order valence-electron chi connectivity index (χ1n) is 12.6. The summed E-state index contributed by atoms with van der Waals surface area (Å²) in [5.74, 6) is -0.242. The van der Waals surface area contributed by atoms with Crippen molar-refractivity contribution >= 4 is 36.0 Å². The first-order valence-corrected chi connectivity index (χ1v) is 13.0. The summed E-state index contributed by atoms with van der Waals surface area (Å²) in [5, 5.41) is 20.5. The number of nitrogens with zero attached hydrogens (tertiary/aromatic N) is 2. The molecular formula is C28H44ClFN4O5. The van der Waals surface area contributed by atoms with E-state index in [-0.39, 0.29) is 23.8 Å². The number of amides is 3. The summed E-state index contributed by atoms with van der Waals surface area (Å²) in [6, 6.07) is 7.25. The number of carbonyl (C=O) groups is 3. The van der Waals surface area contributed by atoms with Crippen LogP contribution in [0.15, 0.2) is 60.2 Å². The van der Waals surface area contributed by atoms with E-state index in [4.69, 9.17) is 26.6 Å². The van der Waals surface area contributed by atoms with Crippen LogP contribution in [-0.2, 0) is 9.59 Å². The SMILES string of the molecule is C=O.CCN/C=C/C=C(\C=C(/C)F)N1C(=O)CCC1C.CO.CO.O=C(Nc1ccc(Cl)cc1)N1CCCC1. The molecule has 220 valence electrons. The van der Waals surface area contributed by atoms with Crippen LogP contribution in [-0.4, -0.2) is 78.6 Å². The Morgan fingerprint density at radius 2 is 1.72 bits per heavy atom. The summed E-state index contributed by atoms with van der Waals surface area (Å²) in [6.45, 7) is 9.91. The number of hydrogen-bond acceptors (Lipinski definition) is 6. The van der Waals surface area contributed by atoms with E-state index in [9.17, 15) is 14.0 Å². The van der Waals surface area contributed by atoms with Gasteiger partial charge >= 0.3 is 6.03 Å². The second-order valence-corrected chi connectivity index (χ2v) is 8.46. The van der Waals surface area contributed by atoms with Crippen molar-refractivity contribution in [2.24, 2.45) is 0 Å². The summed E-state index contributed by atoms with van der Waals surface area (Å²) >= 11 is 5.75. The lowest BCUT2D eigenvalue weighted by atomic mass is 10.2. The van der Waals surface area contributed by atoms with Gasteiger partial charge in [-0.05, 0) is 88.7 Å². The summed E-state index contributed by atoms with van der Waals surface area (Å²) in [5.41, 5.74) is 1.40. The Balaban J connectivity index is 0. The van der Waals surface area contributed by atoms with Gasteiger partial charge in [-0.25, -0.2) is 9.18 Å². The molecular weight excluding hydrogens is 527 g/mol. The molecule has 3 amide bonds. The van der Waals surface area contributed by atoms with Gasteiger partial charge < -0.3 is 35.4 Å². The van der Waals surface area contributed by atoms with Crippen LogP contribution in [0.2, 0.25) is 5.02 Å². The van der Waals surface area contributed by atoms with Crippen LogP contribution < -0.4 is 10.6 Å². The molecule has 2 aliphatic heterocycles. The van der Waals surface area contributed by atoms with Crippen molar-refractivity contribution in [1.82, 2.24) is 15.1 Å². The number of carbonyl (C=O) groups excluding carboxylic acids is 3. The highest BCUT2D eigenvalue weighted by Crippen LogP contribution is 2.25. The standard InChI is InChI=1S/C14H21FN2O.C11H13ClN2O.2CH4O.CH2O/c1-4-16-9-5-6-13(10-11(2)15)17-12(3)7-8-14(17)18;12-9-3-5-10(6-4-9)13-11(15)14-7-1-2-8-14;3*1-2/h5-6,9-10,12,16H,4,7-8H2,1-3H3;3-6H,1-2,7-8H2,(H,13,15);2*2H,1H3;1H2/b9-5+,11-10+,13-6+;;;;. The van der Waals surface area contributed by atoms with Gasteiger partial charge in [0, 0.05) is 62.7 Å². The molecule has 4 N–H and O–H groups in total. The summed E-state index contributed by atoms with van der Waals surface area (Å²) in [6.07, 6.45) is 10.3. The highest BCUT2D eigenvalue weighted by Gasteiger charge is 2.29. The van der Waals surface area contributed by atoms with Gasteiger partial charge in [-0.1, -0.05) is 11.6 Å². The summed E-state index contributed by atoms with van der Waals surface area (Å²) in [4.78, 5) is 35.0. The Morgan fingerprint density at radius 1 is 1.15 bits per heavy atom. The van der Waals surface area contributed by atoms with E-state index >= 15 is 0 Å². The van der Waals surface area contributed by atoms with Crippen LogP contribution >= 0.6 is 11.6 Å². The average molecular weight is 571 g/mol. The molecule has 1 atom stereocenters. The van der Waals surface area contributed by atoms with Crippen LogP contribution in [0.5, 0.6) is 0 Å². The van der Waals surface area contributed by atoms with Gasteiger partial charge in [0.15, 0.2) is 0 Å². The number of hydrogen-bond donors (Lipinski definition) is 4. The summed E-state index contributed by atoms with van der Waals surface area (Å²) < 4.78 is 13.1. The maximum absolute atomic E-state index is 13.1. The molecule has 2 heterocycles. The smallest absolute Gasteiger partial charge is 0.321 e. The van der Waals surface area contributed by atoms with Crippen LogP contribution in [0.4, 0.5) is 14.9 Å². The van der Waals surface area contributed by atoms with E-state index in [1.807, 2.05) is 25.5 Å². The van der Waals surface area contributed by atoms with Crippen LogP contribution in [0.3, 0.4) is 0 Å². The number of halogens is 2. The molecule has 2 saturated heterocycles. The maximum atomic E-state index is 13.1. The molecule has 0 radical (unpaired) electrons. The quantitative estimate of drug-likeness (QED) is 0.362. The molecule has 11 heteroatoms. The average Bonchev–Trinajstić information content (AvgIpc) is 3.61. The maximum Gasteiger partial charge on any atom is 0.321 e. The van der Waals surface area contributed by atoms with Gasteiger partial charge in [0.25, 0.3) is 0 Å². The number of urea groups is 1. The monoisotopic (exact) mass is 570 g/mol. The molecule has 9 nitrogen and oxygen atoms in total. The number of rotatable bonds is 6. The lowest BCUT2D eigenvalue weighted by Crippen LogP contribution is -2.32. The van der Waals surface area contributed by atoms with E-state index in [0.717, 1.165) is 58.8 Å². The van der Waals surface area contributed by atoms with Crippen molar-refractivity contribution in [3.05, 3.63) is 65.2 Å². The van der Waals surface area contributed by atoms with Crippen LogP contribution in [0.25, 0.3) is 0 Å². The molecule has 2 fully saturated rings. The third-order valence-electron chi connectivity index (χ3n) is 5.28. The first kappa shape index (κ1) is 37.9. The van der Waals surface area contributed by atoms with Crippen molar-refractivity contribution in [1.29, 1.82) is 0 Å². The van der Waals surface area contributed by atoms with Crippen molar-refractivity contribution in [3.8, 4) is 0 Å². The van der Waals surface area contributed by atoms with E-state index in [2.05, 4.69) is 10.6 Å². The predicted octanol–water partition coefficient (Wildman–Crippen LogP) is 4.88. The largest absolute Gasteiger partial charge is 0.400 e. The zero-order valence-corrected chi connectivity index (χ0v) is 24.4. The van der Waals surface area contributed by atoms with Gasteiger partial charge in [-0.15, -0.1) is 0 Å². The number of likely N-dealkylation sites (tertiary alicyclic amines) is 2. The normalized spacial score (nSPS) is 16.5. The zero-order valence-electron chi connectivity index (χ0n) is 23.6. The van der Waals surface area contributed by atoms with E-state index in [0.29, 0.717) is 17.1 Å². The van der Waals surface area contributed by atoms with Gasteiger partial charge in [0.05, 0.1) is 5.83 Å². The van der Waals surface area contributed by atoms with Crippen molar-refractivity contribution in [2.75, 3.05) is 39.2 Å². The van der Waals surface area contributed by atoms with Gasteiger partial charge in [-0.3, -0.25) is 4.79 Å². The molecule has 3 rings (SSSR count). The van der Waals surface area contributed by atoms with Gasteiger partial charge in [-0.2, -0.15) is 0 Å². The fourth-order valence-electron chi connectivity index (χ4n) is 3.62. The Hall–Kier alpha value is -3.21. The van der Waals surface area contributed by atoms with E-state index < -0.39 is 0 Å². The highest BCUT2D eigenvalue weighted by molar-refractivity contribution is 6.30. The fourth-order valence-corrected chi connectivity index (χ4v) is 3.74. The number of aliphatic hydroxyl groups excluding tert-OH is 2. The first-order chi connectivity index (χ1) is 18.8.